The topological polar surface area (TPSA) is 0 Å². The second-order valence-electron chi connectivity index (χ2n) is 1.84. The van der Waals surface area contributed by atoms with Crippen molar-refractivity contribution in [1.82, 2.24) is 0 Å². The van der Waals surface area contributed by atoms with Crippen LogP contribution in [0.1, 0.15) is 0 Å². The van der Waals surface area contributed by atoms with Crippen molar-refractivity contribution in [3.8, 4) is 0 Å². The van der Waals surface area contributed by atoms with Gasteiger partial charge in [0, 0.05) is 0 Å². The monoisotopic (exact) mass is 128 g/mol. The van der Waals surface area contributed by atoms with E-state index in [-0.39, 0.29) is 0 Å². The molecule has 0 heterocycles. The molecule has 0 radical (unpaired) electrons. The third kappa shape index (κ3) is 0.516. The molecule has 1 aliphatic carbocycles. The Morgan fingerprint density at radius 2 is 1.75 bits per heavy atom. The van der Waals surface area contributed by atoms with Gasteiger partial charge in [-0.15, -0.1) is 0 Å². The van der Waals surface area contributed by atoms with Crippen LogP contribution in [0.3, 0.4) is 0 Å². The molecular formula is C4H4F4. The van der Waals surface area contributed by atoms with Crippen LogP contribution in [0.15, 0.2) is 0 Å². The normalized spacial score (nSPS) is 42.0. The van der Waals surface area contributed by atoms with Gasteiger partial charge in [-0.2, -0.15) is 0 Å². The molecular weight excluding hydrogens is 124 g/mol. The van der Waals surface area contributed by atoms with Gasteiger partial charge in [0.25, 0.3) is 5.92 Å². The minimum absolute atomic E-state index is 1.26. The van der Waals surface area contributed by atoms with Crippen LogP contribution in [0.5, 0.6) is 0 Å². The molecule has 4 heteroatoms. The molecule has 1 saturated carbocycles. The Bertz CT molecular complexity index is 100. The van der Waals surface area contributed by atoms with E-state index in [1.54, 1.807) is 0 Å². The highest BCUT2D eigenvalue weighted by molar-refractivity contribution is 5.06. The highest BCUT2D eigenvalue weighted by Gasteiger charge is 2.69. The highest BCUT2D eigenvalue weighted by Crippen LogP contribution is 2.51. The predicted molar refractivity (Wildman–Crippen MR) is 19.3 cm³/mol. The largest absolute Gasteiger partial charge is 0.287 e. The van der Waals surface area contributed by atoms with E-state index in [2.05, 4.69) is 0 Å². The highest BCUT2D eigenvalue weighted by atomic mass is 19.3. The van der Waals surface area contributed by atoms with Crippen LogP contribution in [0.25, 0.3) is 0 Å². The number of halogens is 4. The molecule has 0 bridgehead atoms. The quantitative estimate of drug-likeness (QED) is 0.470. The lowest BCUT2D eigenvalue weighted by atomic mass is 10.5. The van der Waals surface area contributed by atoms with Crippen molar-refractivity contribution < 1.29 is 17.6 Å². The van der Waals surface area contributed by atoms with E-state index in [9.17, 15) is 17.6 Å². The van der Waals surface area contributed by atoms with Crippen LogP contribution in [0, 0.1) is 5.92 Å². The van der Waals surface area contributed by atoms with Crippen LogP contribution in [-0.2, 0) is 0 Å². The summed E-state index contributed by atoms with van der Waals surface area (Å²) >= 11 is 0. The fourth-order valence-corrected chi connectivity index (χ4v) is 0.530. The Labute approximate surface area is 43.5 Å². The van der Waals surface area contributed by atoms with E-state index in [0.717, 1.165) is 0 Å². The SMILES string of the molecule is FCC1C(F)C1(F)F. The van der Waals surface area contributed by atoms with Gasteiger partial charge >= 0.3 is 0 Å². The van der Waals surface area contributed by atoms with Crippen LogP contribution in [0.4, 0.5) is 17.6 Å². The number of alkyl halides is 4. The second-order valence-corrected chi connectivity index (χ2v) is 1.84. The molecule has 1 aliphatic rings. The molecule has 2 unspecified atom stereocenters. The minimum atomic E-state index is -3.37. The molecule has 0 saturated heterocycles. The van der Waals surface area contributed by atoms with Gasteiger partial charge < -0.3 is 0 Å². The van der Waals surface area contributed by atoms with Crippen molar-refractivity contribution in [1.29, 1.82) is 0 Å². The third-order valence-electron chi connectivity index (χ3n) is 1.27. The Morgan fingerprint density at radius 3 is 1.75 bits per heavy atom. The Hall–Kier alpha value is -0.280. The van der Waals surface area contributed by atoms with Crippen LogP contribution < -0.4 is 0 Å². The van der Waals surface area contributed by atoms with Crippen molar-refractivity contribution in [2.45, 2.75) is 12.1 Å². The molecule has 0 aromatic heterocycles. The Balaban J connectivity index is 2.45. The fraction of sp³-hybridized carbons (Fsp3) is 1.00. The average molecular weight is 128 g/mol. The van der Waals surface area contributed by atoms with Crippen molar-refractivity contribution in [3.05, 3.63) is 0 Å². The molecule has 0 aromatic rings. The maximum absolute atomic E-state index is 11.6. The number of hydrogen-bond donors (Lipinski definition) is 0. The van der Waals surface area contributed by atoms with E-state index in [0.29, 0.717) is 0 Å². The van der Waals surface area contributed by atoms with Gasteiger partial charge in [-0.05, 0) is 0 Å². The summed E-state index contributed by atoms with van der Waals surface area (Å²) in [4.78, 5) is 0. The lowest BCUT2D eigenvalue weighted by Gasteiger charge is -1.83. The fourth-order valence-electron chi connectivity index (χ4n) is 0.530. The molecule has 48 valence electrons. The zero-order valence-electron chi connectivity index (χ0n) is 3.87. The van der Waals surface area contributed by atoms with Gasteiger partial charge in [0.1, 0.15) is 6.67 Å². The van der Waals surface area contributed by atoms with E-state index in [1.165, 1.54) is 0 Å². The first-order chi connectivity index (χ1) is 3.60. The summed E-state index contributed by atoms with van der Waals surface area (Å²) in [6.07, 6.45) is -2.23. The molecule has 1 rings (SSSR count). The Kier molecular flexibility index (Phi) is 0.994. The van der Waals surface area contributed by atoms with E-state index in [1.807, 2.05) is 0 Å². The van der Waals surface area contributed by atoms with Gasteiger partial charge in [0.2, 0.25) is 0 Å². The Morgan fingerprint density at radius 1 is 1.38 bits per heavy atom. The lowest BCUT2D eigenvalue weighted by Crippen LogP contribution is -1.94. The van der Waals surface area contributed by atoms with Gasteiger partial charge in [-0.3, -0.25) is 4.39 Å². The molecule has 0 nitrogen and oxygen atoms in total. The van der Waals surface area contributed by atoms with Crippen molar-refractivity contribution in [2.75, 3.05) is 6.67 Å². The summed E-state index contributed by atoms with van der Waals surface area (Å²) in [7, 11) is 0. The van der Waals surface area contributed by atoms with Crippen LogP contribution in [0.2, 0.25) is 0 Å². The molecule has 0 aliphatic heterocycles. The van der Waals surface area contributed by atoms with Gasteiger partial charge in [0.05, 0.1) is 5.92 Å². The van der Waals surface area contributed by atoms with Gasteiger partial charge in [0.15, 0.2) is 6.17 Å². The molecule has 0 aromatic carbocycles. The van der Waals surface area contributed by atoms with E-state index >= 15 is 0 Å². The standard InChI is InChI=1S/C4H4F4/c5-1-2-3(6)4(2,7)8/h2-3H,1H2. The van der Waals surface area contributed by atoms with Crippen molar-refractivity contribution in [3.63, 3.8) is 0 Å². The van der Waals surface area contributed by atoms with Gasteiger partial charge in [-0.1, -0.05) is 0 Å². The molecule has 8 heavy (non-hydrogen) atoms. The zero-order valence-corrected chi connectivity index (χ0v) is 3.87. The van der Waals surface area contributed by atoms with Crippen molar-refractivity contribution in [2.24, 2.45) is 5.92 Å². The lowest BCUT2D eigenvalue weighted by molar-refractivity contribution is 0.0722. The maximum Gasteiger partial charge on any atom is 0.287 e. The number of rotatable bonds is 1. The summed E-state index contributed by atoms with van der Waals surface area (Å²) in [6, 6.07) is 0. The minimum Gasteiger partial charge on any atom is -0.250 e. The number of hydrogen-bond acceptors (Lipinski definition) is 0. The first-order valence-electron chi connectivity index (χ1n) is 2.18. The first kappa shape index (κ1) is 5.85. The average Bonchev–Trinajstić information content (AvgIpc) is 2.09. The second kappa shape index (κ2) is 1.36. The summed E-state index contributed by atoms with van der Waals surface area (Å²) in [5.74, 6) is -5.02. The molecule has 0 spiro atoms. The molecule has 0 N–H and O–H groups in total. The smallest absolute Gasteiger partial charge is 0.250 e. The predicted octanol–water partition coefficient (Wildman–Crippen LogP) is 1.56. The summed E-state index contributed by atoms with van der Waals surface area (Å²) in [5, 5.41) is 0. The maximum atomic E-state index is 11.6. The van der Waals surface area contributed by atoms with Crippen molar-refractivity contribution >= 4 is 0 Å². The molecule has 2 atom stereocenters. The van der Waals surface area contributed by atoms with E-state index < -0.39 is 24.7 Å². The first-order valence-corrected chi connectivity index (χ1v) is 2.18. The summed E-state index contributed by atoms with van der Waals surface area (Å²) in [6.45, 7) is -1.26. The zero-order chi connectivity index (χ0) is 6.36. The third-order valence-corrected chi connectivity index (χ3v) is 1.27. The van der Waals surface area contributed by atoms with Gasteiger partial charge in [-0.25, -0.2) is 13.2 Å². The summed E-state index contributed by atoms with van der Waals surface area (Å²) < 4.78 is 45.9. The van der Waals surface area contributed by atoms with Crippen LogP contribution in [-0.4, -0.2) is 18.8 Å². The van der Waals surface area contributed by atoms with E-state index in [4.69, 9.17) is 0 Å². The summed E-state index contributed by atoms with van der Waals surface area (Å²) in [5.41, 5.74) is 0. The molecule has 0 amide bonds. The van der Waals surface area contributed by atoms with Crippen LogP contribution >= 0.6 is 0 Å². The molecule has 1 fully saturated rings.